The minimum absolute atomic E-state index is 0.0779. The third-order valence-electron chi connectivity index (χ3n) is 3.67. The number of rotatable bonds is 4. The van der Waals surface area contributed by atoms with Crippen LogP contribution < -0.4 is 5.32 Å². The van der Waals surface area contributed by atoms with E-state index in [1.165, 1.54) is 6.33 Å². The number of hydrogen-bond acceptors (Lipinski definition) is 8. The van der Waals surface area contributed by atoms with Gasteiger partial charge in [0.05, 0.1) is 17.7 Å². The lowest BCUT2D eigenvalue weighted by molar-refractivity contribution is 0.0326. The lowest BCUT2D eigenvalue weighted by atomic mass is 10.2. The van der Waals surface area contributed by atoms with Gasteiger partial charge in [-0.05, 0) is 19.8 Å². The molecule has 3 aromatic rings. The molecule has 0 aromatic carbocycles. The molecule has 9 nitrogen and oxygen atoms in total. The molecule has 22 heavy (non-hydrogen) atoms. The summed E-state index contributed by atoms with van der Waals surface area (Å²) in [5.41, 5.74) is 0.712. The molecule has 3 aromatic heterocycles. The lowest BCUT2D eigenvalue weighted by Gasteiger charge is -2.13. The van der Waals surface area contributed by atoms with Gasteiger partial charge in [-0.3, -0.25) is 5.10 Å². The van der Waals surface area contributed by atoms with E-state index in [1.54, 1.807) is 13.1 Å². The molecule has 0 unspecified atom stereocenters. The Labute approximate surface area is 125 Å². The molecule has 0 bridgehead atoms. The summed E-state index contributed by atoms with van der Waals surface area (Å²) in [6, 6.07) is 0. The molecule has 2 N–H and O–H groups in total. The van der Waals surface area contributed by atoms with Gasteiger partial charge in [0.1, 0.15) is 18.2 Å². The highest BCUT2D eigenvalue weighted by Crippen LogP contribution is 2.31. The number of nitrogens with zero attached hydrogens (tertiary/aromatic N) is 5. The normalized spacial score (nSPS) is 21.5. The van der Waals surface area contributed by atoms with Crippen molar-refractivity contribution < 1.29 is 9.26 Å². The van der Waals surface area contributed by atoms with Gasteiger partial charge in [0, 0.05) is 6.54 Å². The summed E-state index contributed by atoms with van der Waals surface area (Å²) in [5, 5.41) is 14.7. The predicted molar refractivity (Wildman–Crippen MR) is 76.1 cm³/mol. The minimum Gasteiger partial charge on any atom is -0.367 e. The topological polar surface area (TPSA) is 115 Å². The van der Waals surface area contributed by atoms with Crippen molar-refractivity contribution >= 4 is 16.9 Å². The summed E-state index contributed by atoms with van der Waals surface area (Å²) in [7, 11) is 0. The van der Waals surface area contributed by atoms with Gasteiger partial charge >= 0.3 is 0 Å². The van der Waals surface area contributed by atoms with Gasteiger partial charge in [-0.2, -0.15) is 10.1 Å². The maximum atomic E-state index is 5.95. The van der Waals surface area contributed by atoms with Gasteiger partial charge < -0.3 is 14.6 Å². The van der Waals surface area contributed by atoms with Crippen molar-refractivity contribution in [1.29, 1.82) is 0 Å². The van der Waals surface area contributed by atoms with Gasteiger partial charge in [0.2, 0.25) is 0 Å². The van der Waals surface area contributed by atoms with Crippen LogP contribution in [0.25, 0.3) is 11.0 Å². The number of ether oxygens (including phenoxy) is 1. The second-order valence-electron chi connectivity index (χ2n) is 5.24. The lowest BCUT2D eigenvalue weighted by Crippen LogP contribution is -2.19. The molecule has 4 rings (SSSR count). The highest BCUT2D eigenvalue weighted by Gasteiger charge is 2.30. The summed E-state index contributed by atoms with van der Waals surface area (Å²) >= 11 is 0. The number of aromatic amines is 1. The van der Waals surface area contributed by atoms with Crippen molar-refractivity contribution in [2.75, 3.05) is 11.9 Å². The summed E-state index contributed by atoms with van der Waals surface area (Å²) in [5.74, 6) is 1.93. The van der Waals surface area contributed by atoms with Gasteiger partial charge in [-0.25, -0.2) is 9.97 Å². The molecule has 0 amide bonds. The van der Waals surface area contributed by atoms with Crippen LogP contribution in [0.2, 0.25) is 0 Å². The molecule has 0 saturated carbocycles. The number of aromatic nitrogens is 6. The maximum absolute atomic E-state index is 5.95. The molecule has 1 fully saturated rings. The second kappa shape index (κ2) is 5.34. The fraction of sp³-hybridized carbons (Fsp3) is 0.462. The highest BCUT2D eigenvalue weighted by atomic mass is 16.5. The predicted octanol–water partition coefficient (Wildman–Crippen LogP) is 1.38. The zero-order valence-electron chi connectivity index (χ0n) is 12.0. The molecule has 4 heterocycles. The van der Waals surface area contributed by atoms with E-state index in [0.717, 1.165) is 24.0 Å². The largest absolute Gasteiger partial charge is 0.367 e. The zero-order valence-corrected chi connectivity index (χ0v) is 12.0. The minimum atomic E-state index is -0.118. The number of H-pyrrole nitrogens is 1. The average Bonchev–Trinajstić information content (AvgIpc) is 3.24. The standard InChI is InChI=1S/C13H15N7O2/c1-7-18-13(22-20-7)10-3-2-8(21-10)4-14-11-9-5-17-19-12(9)16-6-15-11/h5-6,8,10H,2-4H2,1H3,(H2,14,15,16,17,19)/t8-,10+/m1/s1. The third-order valence-corrected chi connectivity index (χ3v) is 3.67. The van der Waals surface area contributed by atoms with E-state index in [0.29, 0.717) is 23.9 Å². The Hall–Kier alpha value is -2.55. The van der Waals surface area contributed by atoms with Crippen molar-refractivity contribution in [3.8, 4) is 0 Å². The van der Waals surface area contributed by atoms with Crippen molar-refractivity contribution in [1.82, 2.24) is 30.3 Å². The van der Waals surface area contributed by atoms with E-state index in [-0.39, 0.29) is 12.2 Å². The van der Waals surface area contributed by atoms with Crippen LogP contribution >= 0.6 is 0 Å². The average molecular weight is 301 g/mol. The first kappa shape index (κ1) is 13.1. The van der Waals surface area contributed by atoms with Crippen LogP contribution in [0.15, 0.2) is 17.0 Å². The number of aryl methyl sites for hydroxylation is 1. The molecular weight excluding hydrogens is 286 g/mol. The van der Waals surface area contributed by atoms with E-state index >= 15 is 0 Å². The Morgan fingerprint density at radius 1 is 1.36 bits per heavy atom. The monoisotopic (exact) mass is 301 g/mol. The quantitative estimate of drug-likeness (QED) is 0.742. The van der Waals surface area contributed by atoms with Crippen LogP contribution in [-0.4, -0.2) is 43.0 Å². The van der Waals surface area contributed by atoms with Crippen LogP contribution in [0.4, 0.5) is 5.82 Å². The van der Waals surface area contributed by atoms with E-state index in [2.05, 4.69) is 35.6 Å². The van der Waals surface area contributed by atoms with Crippen molar-refractivity contribution in [3.63, 3.8) is 0 Å². The second-order valence-corrected chi connectivity index (χ2v) is 5.24. The molecule has 1 aliphatic heterocycles. The third kappa shape index (κ3) is 2.39. The Bertz CT molecular complexity index is 783. The molecular formula is C13H15N7O2. The van der Waals surface area contributed by atoms with Crippen LogP contribution in [0, 0.1) is 6.92 Å². The first-order chi connectivity index (χ1) is 10.8. The molecule has 0 radical (unpaired) electrons. The molecule has 114 valence electrons. The number of fused-ring (bicyclic) bond motifs is 1. The van der Waals surface area contributed by atoms with Gasteiger partial charge in [-0.15, -0.1) is 0 Å². The van der Waals surface area contributed by atoms with E-state index in [9.17, 15) is 0 Å². The molecule has 0 spiro atoms. The Balaban J connectivity index is 1.40. The van der Waals surface area contributed by atoms with Crippen LogP contribution in [0.3, 0.4) is 0 Å². The summed E-state index contributed by atoms with van der Waals surface area (Å²) in [4.78, 5) is 12.6. The zero-order chi connectivity index (χ0) is 14.9. The summed E-state index contributed by atoms with van der Waals surface area (Å²) in [6.07, 6.45) is 4.97. The summed E-state index contributed by atoms with van der Waals surface area (Å²) < 4.78 is 11.1. The first-order valence-corrected chi connectivity index (χ1v) is 7.13. The van der Waals surface area contributed by atoms with Crippen molar-refractivity contribution in [2.45, 2.75) is 32.0 Å². The van der Waals surface area contributed by atoms with E-state index in [1.807, 2.05) is 0 Å². The Morgan fingerprint density at radius 3 is 3.18 bits per heavy atom. The van der Waals surface area contributed by atoms with Gasteiger partial charge in [0.25, 0.3) is 5.89 Å². The van der Waals surface area contributed by atoms with Gasteiger partial charge in [-0.1, -0.05) is 5.16 Å². The summed E-state index contributed by atoms with van der Waals surface area (Å²) in [6.45, 7) is 2.45. The number of anilines is 1. The molecule has 0 aliphatic carbocycles. The van der Waals surface area contributed by atoms with Crippen LogP contribution in [0.1, 0.15) is 30.7 Å². The van der Waals surface area contributed by atoms with Crippen molar-refractivity contribution in [3.05, 3.63) is 24.2 Å². The maximum Gasteiger partial charge on any atom is 0.255 e. The Morgan fingerprint density at radius 2 is 2.32 bits per heavy atom. The van der Waals surface area contributed by atoms with Crippen molar-refractivity contribution in [2.24, 2.45) is 0 Å². The molecule has 1 saturated heterocycles. The Kier molecular flexibility index (Phi) is 3.19. The van der Waals surface area contributed by atoms with Gasteiger partial charge in [0.15, 0.2) is 11.5 Å². The molecule has 2 atom stereocenters. The van der Waals surface area contributed by atoms with E-state index in [4.69, 9.17) is 9.26 Å². The smallest absolute Gasteiger partial charge is 0.255 e. The fourth-order valence-corrected chi connectivity index (χ4v) is 2.60. The SMILES string of the molecule is Cc1noc([C@@H]2CC[C@H](CNc3ncnc4[nH]ncc34)O2)n1. The van der Waals surface area contributed by atoms with Crippen LogP contribution in [0.5, 0.6) is 0 Å². The number of hydrogen-bond donors (Lipinski definition) is 2. The fourth-order valence-electron chi connectivity index (χ4n) is 2.60. The molecule has 1 aliphatic rings. The molecule has 9 heteroatoms. The highest BCUT2D eigenvalue weighted by molar-refractivity contribution is 5.85. The van der Waals surface area contributed by atoms with E-state index < -0.39 is 0 Å². The van der Waals surface area contributed by atoms with Crippen LogP contribution in [-0.2, 0) is 4.74 Å². The number of nitrogens with one attached hydrogen (secondary N) is 2. The first-order valence-electron chi connectivity index (χ1n) is 7.13.